The second-order valence-corrected chi connectivity index (χ2v) is 3.39. The molecule has 5 heteroatoms. The Hall–Kier alpha value is -2.04. The lowest BCUT2D eigenvalue weighted by Crippen LogP contribution is -2.09. The summed E-state index contributed by atoms with van der Waals surface area (Å²) in [5.74, 6) is -0.902. The minimum atomic E-state index is -0.902. The van der Waals surface area contributed by atoms with E-state index in [0.29, 0.717) is 12.2 Å². The smallest absolute Gasteiger partial charge is 0.352 e. The normalized spacial score (nSPS) is 10.5. The van der Waals surface area contributed by atoms with Crippen molar-refractivity contribution in [1.82, 2.24) is 14.8 Å². The van der Waals surface area contributed by atoms with Crippen molar-refractivity contribution < 1.29 is 9.90 Å². The number of carboxylic acid groups (broad SMARTS) is 1. The minimum absolute atomic E-state index is 0.330. The highest BCUT2D eigenvalue weighted by molar-refractivity contribution is 5.87. The Balaban J connectivity index is 2.33. The van der Waals surface area contributed by atoms with Crippen LogP contribution in [0, 0.1) is 6.92 Å². The summed E-state index contributed by atoms with van der Waals surface area (Å²) in [6.07, 6.45) is 5.20. The molecule has 0 atom stereocenters. The van der Waals surface area contributed by atoms with Crippen molar-refractivity contribution in [2.45, 2.75) is 13.5 Å². The molecule has 0 saturated carbocycles. The number of nitrogens with one attached hydrogen (secondary N) is 1. The van der Waals surface area contributed by atoms with Gasteiger partial charge in [-0.05, 0) is 18.6 Å². The molecule has 5 nitrogen and oxygen atoms in total. The van der Waals surface area contributed by atoms with Gasteiger partial charge < -0.3 is 9.67 Å². The average molecular weight is 205 g/mol. The lowest BCUT2D eigenvalue weighted by Gasteiger charge is -2.04. The van der Waals surface area contributed by atoms with Gasteiger partial charge in [0.2, 0.25) is 0 Å². The van der Waals surface area contributed by atoms with Crippen molar-refractivity contribution in [2.75, 3.05) is 0 Å². The van der Waals surface area contributed by atoms with Crippen LogP contribution in [-0.2, 0) is 6.54 Å². The van der Waals surface area contributed by atoms with Gasteiger partial charge in [0, 0.05) is 18.0 Å². The van der Waals surface area contributed by atoms with Gasteiger partial charge in [-0.1, -0.05) is 0 Å². The molecule has 15 heavy (non-hydrogen) atoms. The number of aromatic carboxylic acids is 1. The Kier molecular flexibility index (Phi) is 2.29. The van der Waals surface area contributed by atoms with Gasteiger partial charge in [0.05, 0.1) is 12.7 Å². The fraction of sp³-hybridized carbons (Fsp3) is 0.200. The third-order valence-electron chi connectivity index (χ3n) is 2.28. The molecular weight excluding hydrogens is 194 g/mol. The summed E-state index contributed by atoms with van der Waals surface area (Å²) in [6.45, 7) is 2.31. The summed E-state index contributed by atoms with van der Waals surface area (Å²) in [7, 11) is 0. The highest BCUT2D eigenvalue weighted by atomic mass is 16.4. The number of hydrogen-bond donors (Lipinski definition) is 2. The zero-order valence-electron chi connectivity index (χ0n) is 8.27. The van der Waals surface area contributed by atoms with Crippen LogP contribution in [0.4, 0.5) is 0 Å². The highest BCUT2D eigenvalue weighted by Crippen LogP contribution is 2.12. The van der Waals surface area contributed by atoms with Crippen LogP contribution in [-0.4, -0.2) is 25.8 Å². The predicted molar refractivity (Wildman–Crippen MR) is 53.8 cm³/mol. The maximum atomic E-state index is 11.0. The summed E-state index contributed by atoms with van der Waals surface area (Å²) in [6, 6.07) is 1.80. The second-order valence-electron chi connectivity index (χ2n) is 3.39. The van der Waals surface area contributed by atoms with E-state index >= 15 is 0 Å². The molecule has 0 unspecified atom stereocenters. The van der Waals surface area contributed by atoms with Crippen molar-refractivity contribution >= 4 is 5.97 Å². The molecule has 0 fully saturated rings. The summed E-state index contributed by atoms with van der Waals surface area (Å²) in [5, 5.41) is 15.5. The van der Waals surface area contributed by atoms with Crippen molar-refractivity contribution in [1.29, 1.82) is 0 Å². The molecule has 0 amide bonds. The molecule has 0 aromatic carbocycles. The topological polar surface area (TPSA) is 70.9 Å². The molecule has 2 aromatic rings. The molecule has 0 spiro atoms. The Bertz CT molecular complexity index is 471. The van der Waals surface area contributed by atoms with E-state index in [1.807, 2.05) is 0 Å². The van der Waals surface area contributed by atoms with E-state index in [-0.39, 0.29) is 0 Å². The molecule has 0 aliphatic rings. The maximum absolute atomic E-state index is 11.0. The first kappa shape index (κ1) is 9.51. The van der Waals surface area contributed by atoms with Gasteiger partial charge in [0.1, 0.15) is 5.69 Å². The molecule has 0 aliphatic heterocycles. The first-order chi connectivity index (χ1) is 7.18. The molecule has 0 aliphatic carbocycles. The molecule has 0 bridgehead atoms. The van der Waals surface area contributed by atoms with Gasteiger partial charge in [0.25, 0.3) is 0 Å². The number of rotatable bonds is 3. The van der Waals surface area contributed by atoms with E-state index in [1.165, 1.54) is 0 Å². The molecule has 2 aromatic heterocycles. The molecule has 2 heterocycles. The Morgan fingerprint density at radius 2 is 2.47 bits per heavy atom. The predicted octanol–water partition coefficient (Wildman–Crippen LogP) is 1.27. The van der Waals surface area contributed by atoms with Crippen LogP contribution in [0.1, 0.15) is 21.6 Å². The zero-order chi connectivity index (χ0) is 10.8. The number of aromatic amines is 1. The SMILES string of the molecule is Cc1ccn(Cc2cn[nH]c2)c1C(=O)O. The fourth-order valence-corrected chi connectivity index (χ4v) is 1.57. The molecule has 2 N–H and O–H groups in total. The third kappa shape index (κ3) is 1.76. The standard InChI is InChI=1S/C10H11N3O2/c1-7-2-3-13(9(7)10(14)15)6-8-4-11-12-5-8/h2-5H,6H2,1H3,(H,11,12)(H,14,15). The molecule has 2 rings (SSSR count). The van der Waals surface area contributed by atoms with Gasteiger partial charge >= 0.3 is 5.97 Å². The largest absolute Gasteiger partial charge is 0.477 e. The molecule has 78 valence electrons. The first-order valence-electron chi connectivity index (χ1n) is 4.55. The van der Waals surface area contributed by atoms with Gasteiger partial charge in [-0.3, -0.25) is 5.10 Å². The second kappa shape index (κ2) is 3.61. The van der Waals surface area contributed by atoms with Crippen LogP contribution in [0.3, 0.4) is 0 Å². The molecule has 0 radical (unpaired) electrons. The Morgan fingerprint density at radius 3 is 3.07 bits per heavy atom. The third-order valence-corrected chi connectivity index (χ3v) is 2.28. The minimum Gasteiger partial charge on any atom is -0.477 e. The molecular formula is C10H11N3O2. The van der Waals surface area contributed by atoms with Gasteiger partial charge in [0.15, 0.2) is 0 Å². The number of carbonyl (C=O) groups is 1. The maximum Gasteiger partial charge on any atom is 0.352 e. The quantitative estimate of drug-likeness (QED) is 0.792. The van der Waals surface area contributed by atoms with Gasteiger partial charge in [-0.25, -0.2) is 4.79 Å². The summed E-state index contributed by atoms with van der Waals surface area (Å²) in [5.41, 5.74) is 2.05. The zero-order valence-corrected chi connectivity index (χ0v) is 8.27. The number of nitrogens with zero attached hydrogens (tertiary/aromatic N) is 2. The number of hydrogen-bond acceptors (Lipinski definition) is 2. The Labute approximate surface area is 86.4 Å². The van der Waals surface area contributed by atoms with Gasteiger partial charge in [-0.2, -0.15) is 5.10 Å². The summed E-state index contributed by atoms with van der Waals surface area (Å²) < 4.78 is 1.70. The van der Waals surface area contributed by atoms with E-state index in [9.17, 15) is 4.79 Å². The van der Waals surface area contributed by atoms with E-state index in [1.54, 1.807) is 36.1 Å². The first-order valence-corrected chi connectivity index (χ1v) is 4.55. The van der Waals surface area contributed by atoms with Crippen molar-refractivity contribution in [2.24, 2.45) is 0 Å². The van der Waals surface area contributed by atoms with Crippen LogP contribution in [0.15, 0.2) is 24.7 Å². The lowest BCUT2D eigenvalue weighted by molar-refractivity contribution is 0.0685. The van der Waals surface area contributed by atoms with E-state index in [0.717, 1.165) is 11.1 Å². The van der Waals surface area contributed by atoms with Crippen LogP contribution in [0.25, 0.3) is 0 Å². The van der Waals surface area contributed by atoms with Crippen LogP contribution >= 0.6 is 0 Å². The average Bonchev–Trinajstić information content (AvgIpc) is 2.76. The van der Waals surface area contributed by atoms with Crippen LogP contribution in [0.2, 0.25) is 0 Å². The van der Waals surface area contributed by atoms with Crippen LogP contribution < -0.4 is 0 Å². The molecule has 0 saturated heterocycles. The fourth-order valence-electron chi connectivity index (χ4n) is 1.57. The van der Waals surface area contributed by atoms with Crippen molar-refractivity contribution in [3.8, 4) is 0 Å². The Morgan fingerprint density at radius 1 is 1.67 bits per heavy atom. The van der Waals surface area contributed by atoms with Crippen LogP contribution in [0.5, 0.6) is 0 Å². The lowest BCUT2D eigenvalue weighted by atomic mass is 10.2. The number of aromatic nitrogens is 3. The van der Waals surface area contributed by atoms with Crippen molar-refractivity contribution in [3.63, 3.8) is 0 Å². The number of carboxylic acids is 1. The van der Waals surface area contributed by atoms with Gasteiger partial charge in [-0.15, -0.1) is 0 Å². The monoisotopic (exact) mass is 205 g/mol. The summed E-state index contributed by atoms with van der Waals surface area (Å²) in [4.78, 5) is 11.0. The summed E-state index contributed by atoms with van der Waals surface area (Å²) >= 11 is 0. The van der Waals surface area contributed by atoms with E-state index in [2.05, 4.69) is 10.2 Å². The number of aryl methyl sites for hydroxylation is 1. The van der Waals surface area contributed by atoms with E-state index in [4.69, 9.17) is 5.11 Å². The van der Waals surface area contributed by atoms with Crippen molar-refractivity contribution in [3.05, 3.63) is 41.5 Å². The number of H-pyrrole nitrogens is 1. The van der Waals surface area contributed by atoms with E-state index < -0.39 is 5.97 Å². The highest BCUT2D eigenvalue weighted by Gasteiger charge is 2.13.